The molecule has 0 spiro atoms. The average molecular weight is 199 g/mol. The van der Waals surface area contributed by atoms with E-state index >= 15 is 0 Å². The molecule has 1 saturated carbocycles. The summed E-state index contributed by atoms with van der Waals surface area (Å²) in [5.74, 6) is 1.37. The zero-order chi connectivity index (χ0) is 10.4. The second kappa shape index (κ2) is 6.41. The minimum absolute atomic E-state index is 0.359. The zero-order valence-electron chi connectivity index (χ0n) is 9.63. The standard InChI is InChI=1S/C12H25NO/c1-3-5-10-6-7-12(13-4-2)11(8-10)9-14/h10-14H,3-9H2,1-2H3. The van der Waals surface area contributed by atoms with E-state index in [0.717, 1.165) is 12.5 Å². The second-order valence-electron chi connectivity index (χ2n) is 4.57. The van der Waals surface area contributed by atoms with Gasteiger partial charge < -0.3 is 10.4 Å². The van der Waals surface area contributed by atoms with Crippen LogP contribution in [0.5, 0.6) is 0 Å². The Bertz CT molecular complexity index is 149. The molecular formula is C12H25NO. The lowest BCUT2D eigenvalue weighted by atomic mass is 9.76. The van der Waals surface area contributed by atoms with Gasteiger partial charge in [-0.15, -0.1) is 0 Å². The number of nitrogens with one attached hydrogen (secondary N) is 1. The van der Waals surface area contributed by atoms with Crippen LogP contribution >= 0.6 is 0 Å². The van der Waals surface area contributed by atoms with Gasteiger partial charge in [-0.25, -0.2) is 0 Å². The molecule has 0 heterocycles. The third kappa shape index (κ3) is 3.25. The molecule has 1 rings (SSSR count). The monoisotopic (exact) mass is 199 g/mol. The van der Waals surface area contributed by atoms with Crippen molar-refractivity contribution >= 4 is 0 Å². The van der Waals surface area contributed by atoms with Crippen molar-refractivity contribution in [2.24, 2.45) is 11.8 Å². The molecule has 0 aromatic carbocycles. The average Bonchev–Trinajstić information content (AvgIpc) is 2.21. The SMILES string of the molecule is CCCC1CCC(NCC)C(CO)C1. The number of aliphatic hydroxyl groups excluding tert-OH is 1. The summed E-state index contributed by atoms with van der Waals surface area (Å²) in [6.07, 6.45) is 6.46. The van der Waals surface area contributed by atoms with E-state index in [9.17, 15) is 5.11 Å². The summed E-state index contributed by atoms with van der Waals surface area (Å²) in [5.41, 5.74) is 0. The van der Waals surface area contributed by atoms with E-state index in [1.165, 1.54) is 32.1 Å². The van der Waals surface area contributed by atoms with Gasteiger partial charge in [0, 0.05) is 12.6 Å². The molecule has 0 saturated heterocycles. The van der Waals surface area contributed by atoms with Gasteiger partial charge in [-0.05, 0) is 37.6 Å². The number of rotatable bonds is 5. The van der Waals surface area contributed by atoms with Crippen LogP contribution in [0, 0.1) is 11.8 Å². The van der Waals surface area contributed by atoms with E-state index in [4.69, 9.17) is 0 Å². The van der Waals surface area contributed by atoms with Gasteiger partial charge in [0.25, 0.3) is 0 Å². The van der Waals surface area contributed by atoms with Crippen LogP contribution in [0.4, 0.5) is 0 Å². The molecule has 0 aromatic rings. The Morgan fingerprint density at radius 3 is 2.64 bits per heavy atom. The first-order chi connectivity index (χ1) is 6.81. The summed E-state index contributed by atoms with van der Waals surface area (Å²) in [5, 5.41) is 12.8. The molecule has 2 N–H and O–H groups in total. The van der Waals surface area contributed by atoms with Gasteiger partial charge >= 0.3 is 0 Å². The lowest BCUT2D eigenvalue weighted by molar-refractivity contribution is 0.122. The Kier molecular flexibility index (Phi) is 5.49. The van der Waals surface area contributed by atoms with Crippen molar-refractivity contribution < 1.29 is 5.11 Å². The van der Waals surface area contributed by atoms with E-state index in [1.807, 2.05) is 0 Å². The van der Waals surface area contributed by atoms with Crippen molar-refractivity contribution in [1.82, 2.24) is 5.32 Å². The summed E-state index contributed by atoms with van der Waals surface area (Å²) < 4.78 is 0. The lowest BCUT2D eigenvalue weighted by Crippen LogP contribution is -2.42. The fourth-order valence-corrected chi connectivity index (χ4v) is 2.76. The van der Waals surface area contributed by atoms with Crippen LogP contribution in [-0.4, -0.2) is 24.3 Å². The van der Waals surface area contributed by atoms with E-state index < -0.39 is 0 Å². The molecule has 0 aromatic heterocycles. The van der Waals surface area contributed by atoms with Crippen LogP contribution in [-0.2, 0) is 0 Å². The molecule has 0 radical (unpaired) electrons. The van der Waals surface area contributed by atoms with Crippen LogP contribution in [0.15, 0.2) is 0 Å². The highest BCUT2D eigenvalue weighted by molar-refractivity contribution is 4.84. The van der Waals surface area contributed by atoms with Crippen LogP contribution < -0.4 is 5.32 Å². The lowest BCUT2D eigenvalue weighted by Gasteiger charge is -2.35. The second-order valence-corrected chi connectivity index (χ2v) is 4.57. The Balaban J connectivity index is 2.37. The van der Waals surface area contributed by atoms with E-state index in [1.54, 1.807) is 0 Å². The molecule has 2 nitrogen and oxygen atoms in total. The van der Waals surface area contributed by atoms with Crippen molar-refractivity contribution in [3.8, 4) is 0 Å². The fourth-order valence-electron chi connectivity index (χ4n) is 2.76. The van der Waals surface area contributed by atoms with Crippen molar-refractivity contribution in [3.05, 3.63) is 0 Å². The normalized spacial score (nSPS) is 33.2. The minimum Gasteiger partial charge on any atom is -0.396 e. The highest BCUT2D eigenvalue weighted by Crippen LogP contribution is 2.31. The van der Waals surface area contributed by atoms with Crippen LogP contribution in [0.3, 0.4) is 0 Å². The molecule has 3 unspecified atom stereocenters. The van der Waals surface area contributed by atoms with Gasteiger partial charge in [-0.2, -0.15) is 0 Å². The van der Waals surface area contributed by atoms with E-state index in [0.29, 0.717) is 18.6 Å². The van der Waals surface area contributed by atoms with E-state index in [-0.39, 0.29) is 0 Å². The quantitative estimate of drug-likeness (QED) is 0.711. The molecule has 1 fully saturated rings. The molecule has 0 amide bonds. The first-order valence-electron chi connectivity index (χ1n) is 6.16. The van der Waals surface area contributed by atoms with Crippen LogP contribution in [0.25, 0.3) is 0 Å². The molecule has 0 aliphatic heterocycles. The van der Waals surface area contributed by atoms with Crippen LogP contribution in [0.1, 0.15) is 46.0 Å². The maximum absolute atomic E-state index is 9.33. The summed E-state index contributed by atoms with van der Waals surface area (Å²) >= 11 is 0. The smallest absolute Gasteiger partial charge is 0.0474 e. The third-order valence-corrected chi connectivity index (χ3v) is 3.49. The summed E-state index contributed by atoms with van der Waals surface area (Å²) in [4.78, 5) is 0. The number of hydrogen-bond acceptors (Lipinski definition) is 2. The molecule has 3 atom stereocenters. The predicted molar refractivity (Wildman–Crippen MR) is 60.3 cm³/mol. The Labute approximate surface area is 88.1 Å². The first-order valence-corrected chi connectivity index (χ1v) is 6.16. The Morgan fingerprint density at radius 1 is 1.29 bits per heavy atom. The summed E-state index contributed by atoms with van der Waals surface area (Å²) in [7, 11) is 0. The van der Waals surface area contributed by atoms with Crippen molar-refractivity contribution in [1.29, 1.82) is 0 Å². The number of aliphatic hydroxyl groups is 1. The largest absolute Gasteiger partial charge is 0.396 e. The van der Waals surface area contributed by atoms with E-state index in [2.05, 4.69) is 19.2 Å². The van der Waals surface area contributed by atoms with Crippen molar-refractivity contribution in [2.75, 3.05) is 13.2 Å². The Morgan fingerprint density at radius 2 is 2.07 bits per heavy atom. The van der Waals surface area contributed by atoms with Gasteiger partial charge in [-0.3, -0.25) is 0 Å². The van der Waals surface area contributed by atoms with Crippen molar-refractivity contribution in [2.45, 2.75) is 52.0 Å². The van der Waals surface area contributed by atoms with Gasteiger partial charge in [0.2, 0.25) is 0 Å². The van der Waals surface area contributed by atoms with Gasteiger partial charge in [0.15, 0.2) is 0 Å². The minimum atomic E-state index is 0.359. The highest BCUT2D eigenvalue weighted by Gasteiger charge is 2.28. The predicted octanol–water partition coefficient (Wildman–Crippen LogP) is 2.17. The molecule has 1 aliphatic carbocycles. The number of hydrogen-bond donors (Lipinski definition) is 2. The van der Waals surface area contributed by atoms with Crippen molar-refractivity contribution in [3.63, 3.8) is 0 Å². The van der Waals surface area contributed by atoms with Gasteiger partial charge in [-0.1, -0.05) is 26.7 Å². The van der Waals surface area contributed by atoms with Gasteiger partial charge in [0.1, 0.15) is 0 Å². The first kappa shape index (κ1) is 12.0. The molecule has 2 heteroatoms. The third-order valence-electron chi connectivity index (χ3n) is 3.49. The molecular weight excluding hydrogens is 174 g/mol. The summed E-state index contributed by atoms with van der Waals surface area (Å²) in [6, 6.07) is 0.568. The van der Waals surface area contributed by atoms with Crippen LogP contribution in [0.2, 0.25) is 0 Å². The van der Waals surface area contributed by atoms with Gasteiger partial charge in [0.05, 0.1) is 0 Å². The Hall–Kier alpha value is -0.0800. The molecule has 84 valence electrons. The molecule has 14 heavy (non-hydrogen) atoms. The topological polar surface area (TPSA) is 32.3 Å². The maximum atomic E-state index is 9.33. The zero-order valence-corrected chi connectivity index (χ0v) is 9.63. The summed E-state index contributed by atoms with van der Waals surface area (Å²) in [6.45, 7) is 5.79. The fraction of sp³-hybridized carbons (Fsp3) is 1.00. The maximum Gasteiger partial charge on any atom is 0.0474 e. The highest BCUT2D eigenvalue weighted by atomic mass is 16.3. The molecule has 0 bridgehead atoms. The molecule has 1 aliphatic rings.